The molecule has 4 fully saturated rings. The van der Waals surface area contributed by atoms with Crippen LogP contribution in [0.2, 0.25) is 0 Å². The molecule has 5 aliphatic carbocycles. The molecule has 1 aromatic carbocycles. The Bertz CT molecular complexity index is 1700. The van der Waals surface area contributed by atoms with Crippen LogP contribution >= 0.6 is 0 Å². The summed E-state index contributed by atoms with van der Waals surface area (Å²) >= 11 is 0. The van der Waals surface area contributed by atoms with Crippen molar-refractivity contribution in [3.8, 4) is 0 Å². The van der Waals surface area contributed by atoms with Gasteiger partial charge in [-0.1, -0.05) is 79.7 Å². The Balaban J connectivity index is 1.19. The predicted molar refractivity (Wildman–Crippen MR) is 207 cm³/mol. The number of benzene rings is 1. The zero-order valence-corrected chi connectivity index (χ0v) is 34.4. The van der Waals surface area contributed by atoms with Gasteiger partial charge in [0.15, 0.2) is 5.78 Å². The summed E-state index contributed by atoms with van der Waals surface area (Å²) in [7, 11) is 0. The number of esters is 1. The maximum atomic E-state index is 14.3. The van der Waals surface area contributed by atoms with Crippen LogP contribution in [0, 0.1) is 55.7 Å². The molecule has 0 aromatic heterocycles. The molecular weight excluding hydrogens is 663 g/mol. The third-order valence-corrected chi connectivity index (χ3v) is 17.6. The van der Waals surface area contributed by atoms with Crippen LogP contribution in [-0.4, -0.2) is 51.6 Å². The molecule has 7 nitrogen and oxygen atoms in total. The van der Waals surface area contributed by atoms with E-state index in [1.165, 1.54) is 16.7 Å². The number of ketones is 1. The third kappa shape index (κ3) is 5.42. The van der Waals surface area contributed by atoms with Crippen LogP contribution in [0.25, 0.3) is 0 Å². The summed E-state index contributed by atoms with van der Waals surface area (Å²) in [6.07, 6.45) is 7.29. The molecule has 0 bridgehead atoms. The first-order valence-electron chi connectivity index (χ1n) is 20.8. The molecule has 2 N–H and O–H groups in total. The second-order valence-corrected chi connectivity index (χ2v) is 21.1. The summed E-state index contributed by atoms with van der Waals surface area (Å²) in [5.41, 5.74) is 2.91. The van der Waals surface area contributed by atoms with E-state index in [1.807, 2.05) is 0 Å². The van der Waals surface area contributed by atoms with Crippen molar-refractivity contribution >= 4 is 17.7 Å². The Kier molecular flexibility index (Phi) is 9.14. The Hall–Kier alpha value is -2.51. The third-order valence-electron chi connectivity index (χ3n) is 17.6. The van der Waals surface area contributed by atoms with Gasteiger partial charge in [-0.05, 0) is 127 Å². The second-order valence-electron chi connectivity index (χ2n) is 21.1. The van der Waals surface area contributed by atoms with Crippen molar-refractivity contribution in [3.05, 3.63) is 46.5 Å². The number of carbonyl (C=O) groups excluding carboxylic acids is 2. The first kappa shape index (κ1) is 38.8. The Morgan fingerprint density at radius 2 is 1.53 bits per heavy atom. The van der Waals surface area contributed by atoms with Crippen molar-refractivity contribution in [2.75, 3.05) is 6.54 Å². The molecule has 0 unspecified atom stereocenters. The van der Waals surface area contributed by atoms with E-state index in [2.05, 4.69) is 84.6 Å². The van der Waals surface area contributed by atoms with E-state index >= 15 is 0 Å². The maximum Gasteiger partial charge on any atom is 0.309 e. The molecule has 7 heteroatoms. The monoisotopic (exact) mass is 729 g/mol. The summed E-state index contributed by atoms with van der Waals surface area (Å²) < 4.78 is 6.19. The van der Waals surface area contributed by atoms with Gasteiger partial charge in [0.25, 0.3) is 0 Å². The standard InChI is InChI=1S/C46H67NO6/c1-28(2)37-31(48)23-46(34(49)27-47-25-29-13-11-12-14-30(29)26-47)22-21-45(10)43(8)19-15-32-41(5,6)35(53-36(50)24-40(3,4)39(51)52)17-18-42(32,7)33(43)16-20-44(45,9)38(37)46/h11-14,28,32-35,49H,15-27H2,1-10H3,(H,51,52)/t32-,33+,34+,35-,42-,43+,44+,45-,46-/m0/s1. The summed E-state index contributed by atoms with van der Waals surface area (Å²) in [5, 5.41) is 22.1. The van der Waals surface area contributed by atoms with Crippen molar-refractivity contribution < 1.29 is 29.3 Å². The fraction of sp³-hybridized carbons (Fsp3) is 0.761. The Morgan fingerprint density at radius 1 is 0.906 bits per heavy atom. The largest absolute Gasteiger partial charge is 0.481 e. The number of carboxylic acid groups (broad SMARTS) is 1. The van der Waals surface area contributed by atoms with Gasteiger partial charge in [-0.15, -0.1) is 0 Å². The Morgan fingerprint density at radius 3 is 2.13 bits per heavy atom. The number of hydrogen-bond donors (Lipinski definition) is 2. The van der Waals surface area contributed by atoms with E-state index in [4.69, 9.17) is 4.74 Å². The molecule has 4 saturated carbocycles. The average Bonchev–Trinajstić information content (AvgIpc) is 3.62. The van der Waals surface area contributed by atoms with E-state index in [0.717, 1.165) is 70.0 Å². The molecule has 6 aliphatic rings. The van der Waals surface area contributed by atoms with Crippen LogP contribution in [0.3, 0.4) is 0 Å². The highest BCUT2D eigenvalue weighted by molar-refractivity contribution is 6.01. The van der Waals surface area contributed by atoms with Crippen molar-refractivity contribution in [1.29, 1.82) is 0 Å². The van der Waals surface area contributed by atoms with E-state index in [1.54, 1.807) is 13.8 Å². The molecule has 0 saturated heterocycles. The summed E-state index contributed by atoms with van der Waals surface area (Å²) in [4.78, 5) is 41.6. The van der Waals surface area contributed by atoms with E-state index < -0.39 is 28.9 Å². The number of aliphatic carboxylic acids is 1. The topological polar surface area (TPSA) is 104 Å². The lowest BCUT2D eigenvalue weighted by Crippen LogP contribution is -2.69. The highest BCUT2D eigenvalue weighted by Crippen LogP contribution is 2.80. The lowest BCUT2D eigenvalue weighted by atomic mass is 9.29. The molecule has 0 radical (unpaired) electrons. The number of Topliss-reactive ketones (excluding diaryl/α,β-unsaturated/α-hetero) is 1. The minimum atomic E-state index is -1.16. The number of carbonyl (C=O) groups is 3. The van der Waals surface area contributed by atoms with Crippen LogP contribution < -0.4 is 0 Å². The molecule has 9 atom stereocenters. The van der Waals surface area contributed by atoms with Crippen LogP contribution in [0.1, 0.15) is 145 Å². The van der Waals surface area contributed by atoms with Crippen LogP contribution in [-0.2, 0) is 32.2 Å². The van der Waals surface area contributed by atoms with Gasteiger partial charge in [0.1, 0.15) is 6.10 Å². The number of ether oxygens (including phenoxy) is 1. The van der Waals surface area contributed by atoms with Crippen molar-refractivity contribution in [2.24, 2.45) is 55.7 Å². The molecule has 0 spiro atoms. The molecular formula is C46H67NO6. The van der Waals surface area contributed by atoms with Crippen molar-refractivity contribution in [2.45, 2.75) is 159 Å². The normalized spacial score (nSPS) is 39.8. The number of carboxylic acids is 1. The highest BCUT2D eigenvalue weighted by atomic mass is 16.5. The van der Waals surface area contributed by atoms with Gasteiger partial charge in [-0.25, -0.2) is 0 Å². The zero-order chi connectivity index (χ0) is 38.7. The number of aliphatic hydroxyl groups excluding tert-OH is 1. The molecule has 1 aromatic rings. The lowest BCUT2D eigenvalue weighted by Gasteiger charge is -2.75. The quantitative estimate of drug-likeness (QED) is 0.257. The molecule has 1 aliphatic heterocycles. The summed E-state index contributed by atoms with van der Waals surface area (Å²) in [6, 6.07) is 8.60. The second kappa shape index (κ2) is 12.5. The number of allylic oxidation sites excluding steroid dienone is 1. The SMILES string of the molecule is CC(C)C1=C2[C@@]([C@H](O)CN3Cc4ccccc4C3)(CC[C@]3(C)[C@]2(C)CC[C@@H]2[C@@]4(C)CC[C@H](OC(=O)CC(C)(C)C(=O)O)C(C)(C)[C@@H]4CC[C@]23C)CC1=O. The molecule has 53 heavy (non-hydrogen) atoms. The Labute approximate surface area is 318 Å². The summed E-state index contributed by atoms with van der Waals surface area (Å²) in [5.74, 6) is -0.182. The predicted octanol–water partition coefficient (Wildman–Crippen LogP) is 9.15. The van der Waals surface area contributed by atoms with E-state index in [0.29, 0.717) is 24.8 Å². The van der Waals surface area contributed by atoms with Crippen LogP contribution in [0.5, 0.6) is 0 Å². The van der Waals surface area contributed by atoms with Gasteiger partial charge in [0, 0.05) is 36.9 Å². The van der Waals surface area contributed by atoms with Gasteiger partial charge < -0.3 is 14.9 Å². The first-order chi connectivity index (χ1) is 24.6. The maximum absolute atomic E-state index is 14.3. The minimum Gasteiger partial charge on any atom is -0.481 e. The van der Waals surface area contributed by atoms with E-state index in [9.17, 15) is 24.6 Å². The first-order valence-corrected chi connectivity index (χ1v) is 20.8. The number of hydrogen-bond acceptors (Lipinski definition) is 6. The smallest absolute Gasteiger partial charge is 0.309 e. The van der Waals surface area contributed by atoms with Gasteiger partial charge >= 0.3 is 11.9 Å². The van der Waals surface area contributed by atoms with Gasteiger partial charge in [-0.3, -0.25) is 19.3 Å². The van der Waals surface area contributed by atoms with Crippen molar-refractivity contribution in [1.82, 2.24) is 4.90 Å². The minimum absolute atomic E-state index is 0.0325. The number of β-amino-alcohol motifs (C(OH)–C–C–N with tert-alkyl or cyclic N) is 1. The number of fused-ring (bicyclic) bond motifs is 8. The number of nitrogens with zero attached hydrogens (tertiary/aromatic N) is 1. The lowest BCUT2D eigenvalue weighted by molar-refractivity contribution is -0.252. The highest BCUT2D eigenvalue weighted by Gasteiger charge is 2.74. The van der Waals surface area contributed by atoms with E-state index in [-0.39, 0.29) is 51.3 Å². The number of rotatable bonds is 8. The molecule has 292 valence electrons. The van der Waals surface area contributed by atoms with Crippen LogP contribution in [0.4, 0.5) is 0 Å². The molecule has 0 amide bonds. The average molecular weight is 730 g/mol. The number of aliphatic hydroxyl groups is 1. The summed E-state index contributed by atoms with van der Waals surface area (Å²) in [6.45, 7) is 24.6. The molecule has 7 rings (SSSR count). The van der Waals surface area contributed by atoms with Gasteiger partial charge in [0.05, 0.1) is 17.9 Å². The van der Waals surface area contributed by atoms with Crippen molar-refractivity contribution in [3.63, 3.8) is 0 Å². The van der Waals surface area contributed by atoms with Gasteiger partial charge in [-0.2, -0.15) is 0 Å². The van der Waals surface area contributed by atoms with Gasteiger partial charge in [0.2, 0.25) is 0 Å². The molecule has 1 heterocycles. The zero-order valence-electron chi connectivity index (χ0n) is 34.4. The fourth-order valence-corrected chi connectivity index (χ4v) is 14.4. The fourth-order valence-electron chi connectivity index (χ4n) is 14.4. The van der Waals surface area contributed by atoms with Crippen LogP contribution in [0.15, 0.2) is 35.4 Å².